The van der Waals surface area contributed by atoms with Crippen molar-refractivity contribution in [2.45, 2.75) is 44.1 Å². The lowest BCUT2D eigenvalue weighted by Gasteiger charge is -2.24. The molecule has 3 aliphatic rings. The number of nitrogens with one attached hydrogen (secondary N) is 2. The molecular weight excluding hydrogens is 176 g/mol. The molecule has 3 rings (SSSR count). The zero-order valence-electron chi connectivity index (χ0n) is 8.57. The van der Waals surface area contributed by atoms with Crippen LogP contribution in [-0.2, 0) is 4.79 Å². The molecule has 2 saturated heterocycles. The minimum absolute atomic E-state index is 0.0374. The van der Waals surface area contributed by atoms with Gasteiger partial charge in [0.25, 0.3) is 0 Å². The van der Waals surface area contributed by atoms with E-state index in [2.05, 4.69) is 10.6 Å². The third-order valence-corrected chi connectivity index (χ3v) is 4.34. The summed E-state index contributed by atoms with van der Waals surface area (Å²) in [5.74, 6) is 0.324. The fourth-order valence-corrected chi connectivity index (χ4v) is 3.59. The van der Waals surface area contributed by atoms with Crippen LogP contribution in [0, 0.1) is 5.41 Å². The van der Waals surface area contributed by atoms with E-state index in [1.54, 1.807) is 0 Å². The first kappa shape index (κ1) is 8.72. The molecule has 2 spiro atoms. The molecule has 0 aromatic rings. The Morgan fingerprint density at radius 1 is 1.14 bits per heavy atom. The molecule has 0 unspecified atom stereocenters. The Balaban J connectivity index is 1.86. The number of hydrogen-bond donors (Lipinski definition) is 2. The van der Waals surface area contributed by atoms with Crippen LogP contribution in [0.25, 0.3) is 0 Å². The van der Waals surface area contributed by atoms with Crippen molar-refractivity contribution in [2.75, 3.05) is 13.1 Å². The summed E-state index contributed by atoms with van der Waals surface area (Å²) < 4.78 is 0. The van der Waals surface area contributed by atoms with Gasteiger partial charge in [0.15, 0.2) is 0 Å². The van der Waals surface area contributed by atoms with Crippen molar-refractivity contribution in [3.8, 4) is 0 Å². The summed E-state index contributed by atoms with van der Waals surface area (Å²) in [6.07, 6.45) is 7.14. The molecule has 1 amide bonds. The zero-order chi connectivity index (χ0) is 9.65. The minimum Gasteiger partial charge on any atom is -0.350 e. The third kappa shape index (κ3) is 1.05. The molecule has 78 valence electrons. The number of rotatable bonds is 0. The van der Waals surface area contributed by atoms with E-state index in [-0.39, 0.29) is 11.0 Å². The van der Waals surface area contributed by atoms with Gasteiger partial charge in [-0.3, -0.25) is 4.79 Å². The van der Waals surface area contributed by atoms with Gasteiger partial charge in [-0.15, -0.1) is 0 Å². The Morgan fingerprint density at radius 3 is 2.57 bits per heavy atom. The number of carbonyl (C=O) groups excluding carboxylic acids is 1. The van der Waals surface area contributed by atoms with Gasteiger partial charge in [-0.25, -0.2) is 0 Å². The van der Waals surface area contributed by atoms with Crippen molar-refractivity contribution in [3.05, 3.63) is 0 Å². The monoisotopic (exact) mass is 194 g/mol. The average molecular weight is 194 g/mol. The third-order valence-electron chi connectivity index (χ3n) is 4.34. The van der Waals surface area contributed by atoms with Crippen LogP contribution < -0.4 is 10.6 Å². The van der Waals surface area contributed by atoms with E-state index in [1.807, 2.05) is 0 Å². The van der Waals surface area contributed by atoms with Crippen molar-refractivity contribution in [1.82, 2.24) is 10.6 Å². The van der Waals surface area contributed by atoms with Crippen LogP contribution in [-0.4, -0.2) is 24.5 Å². The lowest BCUT2D eigenvalue weighted by atomic mass is 9.79. The fraction of sp³-hybridized carbons (Fsp3) is 0.909. The summed E-state index contributed by atoms with van der Waals surface area (Å²) in [6.45, 7) is 1.92. The van der Waals surface area contributed by atoms with Gasteiger partial charge < -0.3 is 10.6 Å². The largest absolute Gasteiger partial charge is 0.350 e. The predicted octanol–water partition coefficient (Wildman–Crippen LogP) is 0.799. The molecule has 2 N–H and O–H groups in total. The molecule has 0 bridgehead atoms. The smallest absolute Gasteiger partial charge is 0.228 e. The van der Waals surface area contributed by atoms with Crippen LogP contribution in [0.4, 0.5) is 0 Å². The summed E-state index contributed by atoms with van der Waals surface area (Å²) in [5, 5.41) is 6.61. The highest BCUT2D eigenvalue weighted by Crippen LogP contribution is 2.47. The first-order valence-electron chi connectivity index (χ1n) is 5.78. The summed E-state index contributed by atoms with van der Waals surface area (Å²) in [5.41, 5.74) is 0.160. The van der Waals surface area contributed by atoms with Crippen molar-refractivity contribution in [3.63, 3.8) is 0 Å². The highest BCUT2D eigenvalue weighted by Gasteiger charge is 2.55. The van der Waals surface area contributed by atoms with Gasteiger partial charge in [0.1, 0.15) is 0 Å². The van der Waals surface area contributed by atoms with Gasteiger partial charge >= 0.3 is 0 Å². The standard InChI is InChI=1S/C11H18N2O/c14-9-10(5-6-12-8-10)7-11(13-9)3-1-2-4-11/h12H,1-8H2,(H,13,14)/t10-/m1/s1. The summed E-state index contributed by atoms with van der Waals surface area (Å²) in [6, 6.07) is 0. The first-order valence-corrected chi connectivity index (χ1v) is 5.78. The van der Waals surface area contributed by atoms with Gasteiger partial charge in [-0.05, 0) is 32.2 Å². The molecule has 1 aliphatic carbocycles. The van der Waals surface area contributed by atoms with Gasteiger partial charge in [0, 0.05) is 12.1 Å². The van der Waals surface area contributed by atoms with E-state index >= 15 is 0 Å². The lowest BCUT2D eigenvalue weighted by molar-refractivity contribution is -0.126. The van der Waals surface area contributed by atoms with Crippen molar-refractivity contribution >= 4 is 5.91 Å². The Hall–Kier alpha value is -0.570. The maximum absolute atomic E-state index is 12.0. The number of amides is 1. The molecule has 0 aromatic carbocycles. The SMILES string of the molecule is O=C1NC2(CCCC2)C[C@@]12CCNC2. The maximum atomic E-state index is 12.0. The second-order valence-electron chi connectivity index (χ2n) is 5.33. The van der Waals surface area contributed by atoms with E-state index in [0.717, 1.165) is 25.9 Å². The molecule has 1 saturated carbocycles. The van der Waals surface area contributed by atoms with E-state index in [9.17, 15) is 4.79 Å². The molecule has 0 aromatic heterocycles. The van der Waals surface area contributed by atoms with Crippen molar-refractivity contribution in [2.24, 2.45) is 5.41 Å². The first-order chi connectivity index (χ1) is 6.75. The van der Waals surface area contributed by atoms with Crippen molar-refractivity contribution in [1.29, 1.82) is 0 Å². The average Bonchev–Trinajstić information content (AvgIpc) is 2.81. The van der Waals surface area contributed by atoms with Crippen LogP contribution in [0.2, 0.25) is 0 Å². The second-order valence-corrected chi connectivity index (χ2v) is 5.33. The number of hydrogen-bond acceptors (Lipinski definition) is 2. The van der Waals surface area contributed by atoms with Gasteiger partial charge in [0.2, 0.25) is 5.91 Å². The van der Waals surface area contributed by atoms with Crippen LogP contribution in [0.1, 0.15) is 38.5 Å². The molecule has 2 heterocycles. The quantitative estimate of drug-likeness (QED) is 0.599. The van der Waals surface area contributed by atoms with Crippen LogP contribution in [0.5, 0.6) is 0 Å². The molecule has 3 fully saturated rings. The normalized spacial score (nSPS) is 39.9. The van der Waals surface area contributed by atoms with E-state index in [4.69, 9.17) is 0 Å². The lowest BCUT2D eigenvalue weighted by Crippen LogP contribution is -2.39. The summed E-state index contributed by atoms with van der Waals surface area (Å²) in [7, 11) is 0. The Morgan fingerprint density at radius 2 is 1.93 bits per heavy atom. The molecule has 0 radical (unpaired) electrons. The van der Waals surface area contributed by atoms with Crippen LogP contribution in [0.15, 0.2) is 0 Å². The van der Waals surface area contributed by atoms with Gasteiger partial charge in [-0.2, -0.15) is 0 Å². The van der Waals surface area contributed by atoms with Gasteiger partial charge in [-0.1, -0.05) is 12.8 Å². The summed E-state index contributed by atoms with van der Waals surface area (Å²) in [4.78, 5) is 12.0. The maximum Gasteiger partial charge on any atom is 0.228 e. The molecule has 2 aliphatic heterocycles. The number of carbonyl (C=O) groups is 1. The highest BCUT2D eigenvalue weighted by molar-refractivity contribution is 5.86. The fourth-order valence-electron chi connectivity index (χ4n) is 3.59. The summed E-state index contributed by atoms with van der Waals surface area (Å²) >= 11 is 0. The molecule has 3 heteroatoms. The Kier molecular flexibility index (Phi) is 1.69. The minimum atomic E-state index is -0.0374. The van der Waals surface area contributed by atoms with E-state index < -0.39 is 0 Å². The molecule has 14 heavy (non-hydrogen) atoms. The Labute approximate surface area is 84.6 Å². The topological polar surface area (TPSA) is 41.1 Å². The van der Waals surface area contributed by atoms with E-state index in [1.165, 1.54) is 25.7 Å². The van der Waals surface area contributed by atoms with E-state index in [0.29, 0.717) is 5.91 Å². The van der Waals surface area contributed by atoms with Crippen LogP contribution >= 0.6 is 0 Å². The van der Waals surface area contributed by atoms with Gasteiger partial charge in [0.05, 0.1) is 5.41 Å². The molecule has 1 atom stereocenters. The second kappa shape index (κ2) is 2.72. The molecular formula is C11H18N2O. The molecule has 3 nitrogen and oxygen atoms in total. The van der Waals surface area contributed by atoms with Crippen molar-refractivity contribution < 1.29 is 4.79 Å². The van der Waals surface area contributed by atoms with Crippen LogP contribution in [0.3, 0.4) is 0 Å². The Bertz CT molecular complexity index is 262. The highest BCUT2D eigenvalue weighted by atomic mass is 16.2. The zero-order valence-corrected chi connectivity index (χ0v) is 8.57. The predicted molar refractivity (Wildman–Crippen MR) is 53.9 cm³/mol.